The summed E-state index contributed by atoms with van der Waals surface area (Å²) in [6, 6.07) is 0.0667. The Kier molecular flexibility index (Phi) is 5.98. The molecular formula is C12H20N4O3. The third-order valence-electron chi connectivity index (χ3n) is 2.76. The van der Waals surface area contributed by atoms with E-state index in [0.717, 1.165) is 0 Å². The number of aliphatic carboxylic acids is 1. The zero-order chi connectivity index (χ0) is 14.3. The SMILES string of the molecule is CC(C)N(CCCC(=O)O)C(=O)CCn1ccnn1. The van der Waals surface area contributed by atoms with Gasteiger partial charge in [0.1, 0.15) is 0 Å². The van der Waals surface area contributed by atoms with E-state index in [1.165, 1.54) is 0 Å². The first-order valence-corrected chi connectivity index (χ1v) is 6.36. The van der Waals surface area contributed by atoms with Crippen LogP contribution in [0.25, 0.3) is 0 Å². The molecule has 106 valence electrons. The Labute approximate surface area is 112 Å². The van der Waals surface area contributed by atoms with E-state index in [-0.39, 0.29) is 18.4 Å². The van der Waals surface area contributed by atoms with Crippen molar-refractivity contribution in [2.45, 2.75) is 45.7 Å². The largest absolute Gasteiger partial charge is 0.481 e. The number of amides is 1. The highest BCUT2D eigenvalue weighted by Gasteiger charge is 2.16. The molecule has 7 heteroatoms. The second-order valence-electron chi connectivity index (χ2n) is 4.59. The molecule has 0 bridgehead atoms. The fourth-order valence-electron chi connectivity index (χ4n) is 1.78. The first-order valence-electron chi connectivity index (χ1n) is 6.36. The minimum atomic E-state index is -0.834. The van der Waals surface area contributed by atoms with Gasteiger partial charge in [-0.3, -0.25) is 14.3 Å². The molecular weight excluding hydrogens is 248 g/mol. The van der Waals surface area contributed by atoms with Crippen molar-refractivity contribution in [1.29, 1.82) is 0 Å². The summed E-state index contributed by atoms with van der Waals surface area (Å²) in [5, 5.41) is 16.1. The van der Waals surface area contributed by atoms with E-state index >= 15 is 0 Å². The van der Waals surface area contributed by atoms with Gasteiger partial charge in [-0.15, -0.1) is 5.10 Å². The van der Waals surface area contributed by atoms with E-state index in [4.69, 9.17) is 5.11 Å². The summed E-state index contributed by atoms with van der Waals surface area (Å²) < 4.78 is 1.60. The lowest BCUT2D eigenvalue weighted by molar-refractivity contribution is -0.138. The monoisotopic (exact) mass is 268 g/mol. The van der Waals surface area contributed by atoms with Crippen LogP contribution in [0.2, 0.25) is 0 Å². The maximum absolute atomic E-state index is 12.1. The zero-order valence-electron chi connectivity index (χ0n) is 11.3. The average Bonchev–Trinajstić information content (AvgIpc) is 2.84. The van der Waals surface area contributed by atoms with Crippen LogP contribution in [-0.2, 0) is 16.1 Å². The van der Waals surface area contributed by atoms with Gasteiger partial charge in [0, 0.05) is 31.6 Å². The molecule has 0 atom stereocenters. The number of aryl methyl sites for hydroxylation is 1. The molecule has 19 heavy (non-hydrogen) atoms. The molecule has 1 rings (SSSR count). The fourth-order valence-corrected chi connectivity index (χ4v) is 1.78. The smallest absolute Gasteiger partial charge is 0.303 e. The van der Waals surface area contributed by atoms with Gasteiger partial charge in [0.2, 0.25) is 5.91 Å². The number of aromatic nitrogens is 3. The second kappa shape index (κ2) is 7.50. The molecule has 1 amide bonds. The first-order chi connectivity index (χ1) is 9.00. The van der Waals surface area contributed by atoms with Crippen LogP contribution in [0.15, 0.2) is 12.4 Å². The van der Waals surface area contributed by atoms with E-state index in [2.05, 4.69) is 10.3 Å². The number of hydrogen-bond donors (Lipinski definition) is 1. The van der Waals surface area contributed by atoms with Gasteiger partial charge < -0.3 is 10.0 Å². The highest BCUT2D eigenvalue weighted by atomic mass is 16.4. The van der Waals surface area contributed by atoms with Gasteiger partial charge in [0.15, 0.2) is 0 Å². The number of rotatable bonds is 8. The van der Waals surface area contributed by atoms with Crippen LogP contribution in [0.4, 0.5) is 0 Å². The third kappa shape index (κ3) is 5.50. The standard InChI is InChI=1S/C12H20N4O3/c1-10(2)16(7-3-4-12(18)19)11(17)5-8-15-9-6-13-14-15/h6,9-10H,3-5,7-8H2,1-2H3,(H,18,19). The molecule has 1 N–H and O–H groups in total. The maximum atomic E-state index is 12.1. The summed E-state index contributed by atoms with van der Waals surface area (Å²) in [4.78, 5) is 24.3. The average molecular weight is 268 g/mol. The Bertz CT molecular complexity index is 403. The molecule has 1 aromatic rings. The van der Waals surface area contributed by atoms with Gasteiger partial charge >= 0.3 is 5.97 Å². The molecule has 0 saturated heterocycles. The van der Waals surface area contributed by atoms with Crippen LogP contribution in [0, 0.1) is 0 Å². The second-order valence-corrected chi connectivity index (χ2v) is 4.59. The van der Waals surface area contributed by atoms with Crippen molar-refractivity contribution in [1.82, 2.24) is 19.9 Å². The molecule has 0 spiro atoms. The third-order valence-corrected chi connectivity index (χ3v) is 2.76. The van der Waals surface area contributed by atoms with Crippen molar-refractivity contribution in [2.75, 3.05) is 6.54 Å². The minimum Gasteiger partial charge on any atom is -0.481 e. The number of carbonyl (C=O) groups is 2. The molecule has 0 radical (unpaired) electrons. The molecule has 0 fully saturated rings. The first kappa shape index (κ1) is 15.1. The van der Waals surface area contributed by atoms with Crippen LogP contribution in [0.3, 0.4) is 0 Å². The van der Waals surface area contributed by atoms with E-state index in [9.17, 15) is 9.59 Å². The number of carboxylic acids is 1. The van der Waals surface area contributed by atoms with E-state index < -0.39 is 5.97 Å². The molecule has 7 nitrogen and oxygen atoms in total. The maximum Gasteiger partial charge on any atom is 0.303 e. The molecule has 0 aliphatic rings. The highest BCUT2D eigenvalue weighted by molar-refractivity contribution is 5.76. The number of hydrogen-bond acceptors (Lipinski definition) is 4. The molecule has 1 aromatic heterocycles. The lowest BCUT2D eigenvalue weighted by Gasteiger charge is -2.26. The predicted molar refractivity (Wildman–Crippen MR) is 68.4 cm³/mol. The van der Waals surface area contributed by atoms with Crippen LogP contribution < -0.4 is 0 Å². The number of carbonyl (C=O) groups excluding carboxylic acids is 1. The van der Waals surface area contributed by atoms with E-state index in [1.54, 1.807) is 22.0 Å². The Balaban J connectivity index is 2.41. The molecule has 0 aliphatic heterocycles. The summed E-state index contributed by atoms with van der Waals surface area (Å²) in [6.07, 6.45) is 4.17. The van der Waals surface area contributed by atoms with Crippen molar-refractivity contribution in [3.8, 4) is 0 Å². The van der Waals surface area contributed by atoms with Crippen LogP contribution in [-0.4, -0.2) is 49.5 Å². The van der Waals surface area contributed by atoms with Gasteiger partial charge in [-0.05, 0) is 20.3 Å². The lowest BCUT2D eigenvalue weighted by atomic mass is 10.2. The van der Waals surface area contributed by atoms with E-state index in [1.807, 2.05) is 13.8 Å². The van der Waals surface area contributed by atoms with Gasteiger partial charge in [-0.25, -0.2) is 0 Å². The highest BCUT2D eigenvalue weighted by Crippen LogP contribution is 2.05. The normalized spacial score (nSPS) is 10.7. The zero-order valence-corrected chi connectivity index (χ0v) is 11.3. The van der Waals surface area contributed by atoms with Crippen LogP contribution in [0.1, 0.15) is 33.1 Å². The van der Waals surface area contributed by atoms with Gasteiger partial charge in [-0.1, -0.05) is 5.21 Å². The summed E-state index contributed by atoms with van der Waals surface area (Å²) >= 11 is 0. The van der Waals surface area contributed by atoms with Crippen molar-refractivity contribution in [2.24, 2.45) is 0 Å². The summed E-state index contributed by atoms with van der Waals surface area (Å²) in [6.45, 7) is 4.81. The van der Waals surface area contributed by atoms with Crippen molar-refractivity contribution in [3.05, 3.63) is 12.4 Å². The van der Waals surface area contributed by atoms with Gasteiger partial charge in [0.05, 0.1) is 12.7 Å². The minimum absolute atomic E-state index is 0.0101. The van der Waals surface area contributed by atoms with Crippen molar-refractivity contribution < 1.29 is 14.7 Å². The Hall–Kier alpha value is -1.92. The fraction of sp³-hybridized carbons (Fsp3) is 0.667. The quantitative estimate of drug-likeness (QED) is 0.752. The molecule has 1 heterocycles. The van der Waals surface area contributed by atoms with Crippen LogP contribution in [0.5, 0.6) is 0 Å². The van der Waals surface area contributed by atoms with Crippen LogP contribution >= 0.6 is 0 Å². The summed E-state index contributed by atoms with van der Waals surface area (Å²) in [7, 11) is 0. The molecule has 0 aromatic carbocycles. The number of carboxylic acid groups (broad SMARTS) is 1. The van der Waals surface area contributed by atoms with E-state index in [0.29, 0.717) is 25.9 Å². The van der Waals surface area contributed by atoms with Gasteiger partial charge in [0.25, 0.3) is 0 Å². The molecule has 0 unspecified atom stereocenters. The Morgan fingerprint density at radius 1 is 1.37 bits per heavy atom. The number of nitrogens with zero attached hydrogens (tertiary/aromatic N) is 4. The van der Waals surface area contributed by atoms with Crippen molar-refractivity contribution in [3.63, 3.8) is 0 Å². The Morgan fingerprint density at radius 2 is 2.11 bits per heavy atom. The van der Waals surface area contributed by atoms with Crippen molar-refractivity contribution >= 4 is 11.9 Å². The Morgan fingerprint density at radius 3 is 2.63 bits per heavy atom. The molecule has 0 aliphatic carbocycles. The molecule has 0 saturated carbocycles. The summed E-state index contributed by atoms with van der Waals surface area (Å²) in [5.41, 5.74) is 0. The topological polar surface area (TPSA) is 88.3 Å². The predicted octanol–water partition coefficient (Wildman–Crippen LogP) is 0.770. The summed E-state index contributed by atoms with van der Waals surface area (Å²) in [5.74, 6) is -0.824. The lowest BCUT2D eigenvalue weighted by Crippen LogP contribution is -2.38. The van der Waals surface area contributed by atoms with Gasteiger partial charge in [-0.2, -0.15) is 0 Å².